The summed E-state index contributed by atoms with van der Waals surface area (Å²) in [5.74, 6) is -0.770. The lowest BCUT2D eigenvalue weighted by molar-refractivity contribution is -0.385. The zero-order valence-electron chi connectivity index (χ0n) is 18.5. The van der Waals surface area contributed by atoms with Gasteiger partial charge in [0, 0.05) is 25.4 Å². The van der Waals surface area contributed by atoms with Crippen LogP contribution in [0.5, 0.6) is 5.75 Å². The molecule has 32 heavy (non-hydrogen) atoms. The summed E-state index contributed by atoms with van der Waals surface area (Å²) in [5, 5.41) is 10.7. The molecule has 8 nitrogen and oxygen atoms in total. The van der Waals surface area contributed by atoms with Gasteiger partial charge in [-0.2, -0.15) is 0 Å². The molecule has 2 heterocycles. The van der Waals surface area contributed by atoms with Gasteiger partial charge in [0.2, 0.25) is 0 Å². The van der Waals surface area contributed by atoms with Gasteiger partial charge in [-0.25, -0.2) is 9.18 Å². The van der Waals surface area contributed by atoms with Gasteiger partial charge in [0.25, 0.3) is 5.69 Å². The van der Waals surface area contributed by atoms with Crippen molar-refractivity contribution in [2.24, 2.45) is 5.92 Å². The van der Waals surface area contributed by atoms with Crippen molar-refractivity contribution in [2.45, 2.75) is 39.9 Å². The maximum atomic E-state index is 13.9. The number of benzene rings is 1. The van der Waals surface area contributed by atoms with E-state index in [0.29, 0.717) is 18.8 Å². The van der Waals surface area contributed by atoms with E-state index in [0.717, 1.165) is 17.2 Å². The Hall–Kier alpha value is -3.49. The Morgan fingerprint density at radius 2 is 2.06 bits per heavy atom. The fourth-order valence-corrected chi connectivity index (χ4v) is 3.34. The molecular weight excluding hydrogens is 417 g/mol. The molecule has 0 saturated heterocycles. The van der Waals surface area contributed by atoms with E-state index in [9.17, 15) is 19.3 Å². The molecule has 9 heteroatoms. The number of carbonyl (C=O) groups excluding carboxylic acids is 1. The molecule has 2 aromatic rings. The average Bonchev–Trinajstić information content (AvgIpc) is 2.72. The van der Waals surface area contributed by atoms with Crippen LogP contribution in [-0.2, 0) is 11.3 Å². The van der Waals surface area contributed by atoms with Crippen molar-refractivity contribution in [3.63, 3.8) is 0 Å². The number of hydrogen-bond donors (Lipinski definition) is 0. The minimum absolute atomic E-state index is 0.0238. The first kappa shape index (κ1) is 23.2. The molecule has 1 atom stereocenters. The molecule has 3 rings (SSSR count). The Labute approximate surface area is 185 Å². The highest BCUT2D eigenvalue weighted by Gasteiger charge is 2.27. The monoisotopic (exact) mass is 443 g/mol. The van der Waals surface area contributed by atoms with Crippen LogP contribution in [0.4, 0.5) is 14.9 Å². The molecule has 0 bridgehead atoms. The number of nitro benzene ring substituents is 1. The van der Waals surface area contributed by atoms with Crippen LogP contribution >= 0.6 is 0 Å². The second kappa shape index (κ2) is 9.33. The Morgan fingerprint density at radius 1 is 1.31 bits per heavy atom. The van der Waals surface area contributed by atoms with Crippen LogP contribution in [0, 0.1) is 21.8 Å². The van der Waals surface area contributed by atoms with Crippen molar-refractivity contribution >= 4 is 17.4 Å². The zero-order chi connectivity index (χ0) is 23.5. The van der Waals surface area contributed by atoms with Gasteiger partial charge in [0.1, 0.15) is 12.2 Å². The first-order valence-corrected chi connectivity index (χ1v) is 10.2. The number of non-ortho nitro benzene ring substituents is 1. The first-order valence-electron chi connectivity index (χ1n) is 10.2. The predicted molar refractivity (Wildman–Crippen MR) is 117 cm³/mol. The van der Waals surface area contributed by atoms with Gasteiger partial charge in [0.05, 0.1) is 16.7 Å². The molecule has 0 spiro atoms. The Kier molecular flexibility index (Phi) is 6.76. The smallest absolute Gasteiger partial charge is 0.410 e. The molecule has 170 valence electrons. The van der Waals surface area contributed by atoms with Gasteiger partial charge < -0.3 is 14.4 Å². The number of nitrogens with zero attached hydrogens (tertiary/aromatic N) is 3. The summed E-state index contributed by atoms with van der Waals surface area (Å²) in [6.45, 7) is 8.59. The van der Waals surface area contributed by atoms with Crippen LogP contribution in [0.15, 0.2) is 42.6 Å². The second-order valence-electron chi connectivity index (χ2n) is 8.64. The molecule has 0 radical (unpaired) electrons. The van der Waals surface area contributed by atoms with E-state index in [2.05, 4.69) is 4.98 Å². The predicted octanol–water partition coefficient (Wildman–Crippen LogP) is 4.98. The molecule has 1 aromatic heterocycles. The SMILES string of the molecule is CC1CN(C(=O)OC(C)(C)C)CC=C1c1ccc(COc2ccc([N+](=O)[O-])cc2F)nc1. The summed E-state index contributed by atoms with van der Waals surface area (Å²) < 4.78 is 24.8. The number of carbonyl (C=O) groups is 1. The van der Waals surface area contributed by atoms with Crippen molar-refractivity contribution < 1.29 is 23.6 Å². The van der Waals surface area contributed by atoms with Gasteiger partial charge in [-0.3, -0.25) is 15.1 Å². The zero-order valence-corrected chi connectivity index (χ0v) is 18.5. The van der Waals surface area contributed by atoms with Gasteiger partial charge >= 0.3 is 6.09 Å². The third kappa shape index (κ3) is 5.81. The number of hydrogen-bond acceptors (Lipinski definition) is 6. The maximum absolute atomic E-state index is 13.9. The third-order valence-electron chi connectivity index (χ3n) is 4.87. The van der Waals surface area contributed by atoms with Crippen molar-refractivity contribution in [1.29, 1.82) is 0 Å². The van der Waals surface area contributed by atoms with Crippen LogP contribution in [0.25, 0.3) is 5.57 Å². The Balaban J connectivity index is 1.62. The lowest BCUT2D eigenvalue weighted by Gasteiger charge is -2.33. The summed E-state index contributed by atoms with van der Waals surface area (Å²) >= 11 is 0. The number of amides is 1. The summed E-state index contributed by atoms with van der Waals surface area (Å²) in [4.78, 5) is 28.4. The summed E-state index contributed by atoms with van der Waals surface area (Å²) in [7, 11) is 0. The van der Waals surface area contributed by atoms with Crippen LogP contribution in [-0.4, -0.2) is 39.6 Å². The highest BCUT2D eigenvalue weighted by atomic mass is 19.1. The van der Waals surface area contributed by atoms with E-state index in [4.69, 9.17) is 9.47 Å². The van der Waals surface area contributed by atoms with Crippen molar-refractivity contribution in [3.8, 4) is 5.75 Å². The summed E-state index contributed by atoms with van der Waals surface area (Å²) in [6.07, 6.45) is 3.39. The van der Waals surface area contributed by atoms with E-state index in [1.54, 1.807) is 17.2 Å². The van der Waals surface area contributed by atoms with Crippen LogP contribution in [0.1, 0.15) is 39.0 Å². The minimum atomic E-state index is -0.799. The average molecular weight is 443 g/mol. The van der Waals surface area contributed by atoms with E-state index in [-0.39, 0.29) is 30.1 Å². The van der Waals surface area contributed by atoms with Crippen molar-refractivity contribution in [1.82, 2.24) is 9.88 Å². The van der Waals surface area contributed by atoms with E-state index >= 15 is 0 Å². The lowest BCUT2D eigenvalue weighted by atomic mass is 9.91. The highest BCUT2D eigenvalue weighted by Crippen LogP contribution is 2.28. The molecule has 1 aromatic carbocycles. The maximum Gasteiger partial charge on any atom is 0.410 e. The second-order valence-corrected chi connectivity index (χ2v) is 8.64. The topological polar surface area (TPSA) is 94.8 Å². The number of halogens is 1. The van der Waals surface area contributed by atoms with Crippen molar-refractivity contribution in [2.75, 3.05) is 13.1 Å². The minimum Gasteiger partial charge on any atom is -0.484 e. The van der Waals surface area contributed by atoms with Crippen LogP contribution < -0.4 is 4.74 Å². The van der Waals surface area contributed by atoms with Crippen LogP contribution in [0.3, 0.4) is 0 Å². The Morgan fingerprint density at radius 3 is 2.62 bits per heavy atom. The third-order valence-corrected chi connectivity index (χ3v) is 4.87. The first-order chi connectivity index (χ1) is 15.0. The van der Waals surface area contributed by atoms with Gasteiger partial charge in [-0.05, 0) is 50.0 Å². The number of aromatic nitrogens is 1. The number of rotatable bonds is 5. The molecular formula is C23H26FN3O5. The summed E-state index contributed by atoms with van der Waals surface area (Å²) in [5.41, 5.74) is 1.74. The fourth-order valence-electron chi connectivity index (χ4n) is 3.34. The molecule has 1 unspecified atom stereocenters. The molecule has 1 aliphatic rings. The molecule has 1 amide bonds. The Bertz CT molecular complexity index is 1030. The molecule has 0 saturated carbocycles. The van der Waals surface area contributed by atoms with E-state index < -0.39 is 16.3 Å². The molecule has 0 fully saturated rings. The molecule has 1 aliphatic heterocycles. The van der Waals surface area contributed by atoms with Gasteiger partial charge in [-0.15, -0.1) is 0 Å². The summed E-state index contributed by atoms with van der Waals surface area (Å²) in [6, 6.07) is 6.93. The fraction of sp³-hybridized carbons (Fsp3) is 0.391. The van der Waals surface area contributed by atoms with Gasteiger partial charge in [-0.1, -0.05) is 19.1 Å². The lowest BCUT2D eigenvalue weighted by Crippen LogP contribution is -2.41. The molecule has 0 aliphatic carbocycles. The van der Waals surface area contributed by atoms with Crippen LogP contribution in [0.2, 0.25) is 0 Å². The number of pyridine rings is 1. The largest absolute Gasteiger partial charge is 0.484 e. The van der Waals surface area contributed by atoms with Crippen molar-refractivity contribution in [3.05, 3.63) is 69.8 Å². The number of nitro groups is 1. The normalized spacial score (nSPS) is 16.3. The number of ether oxygens (including phenoxy) is 2. The molecule has 0 N–H and O–H groups in total. The quantitative estimate of drug-likeness (QED) is 0.478. The standard InChI is InChI=1S/C23H26FN3O5/c1-15-13-26(22(28)32-23(2,3)4)10-9-19(15)16-5-6-17(25-12-16)14-31-21-8-7-18(27(29)30)11-20(21)24/h5-9,11-12,15H,10,13-14H2,1-4H3. The van der Waals surface area contributed by atoms with E-state index in [1.807, 2.05) is 39.8 Å². The van der Waals surface area contributed by atoms with Gasteiger partial charge in [0.15, 0.2) is 11.6 Å². The highest BCUT2D eigenvalue weighted by molar-refractivity contribution is 5.73. The van der Waals surface area contributed by atoms with E-state index in [1.165, 1.54) is 12.1 Å².